The van der Waals surface area contributed by atoms with Gasteiger partial charge in [0.15, 0.2) is 0 Å². The molecule has 4 aromatic rings. The maximum Gasteiger partial charge on any atom is 0.269 e. The molecule has 8 nitrogen and oxygen atoms in total. The number of hydrogen-bond acceptors (Lipinski definition) is 5. The van der Waals surface area contributed by atoms with Crippen molar-refractivity contribution < 1.29 is 9.72 Å². The number of aromatic amines is 1. The van der Waals surface area contributed by atoms with E-state index in [-0.39, 0.29) is 35.8 Å². The van der Waals surface area contributed by atoms with Gasteiger partial charge < -0.3 is 9.88 Å². The average Bonchev–Trinajstić information content (AvgIpc) is 2.80. The number of nitro groups is 1. The van der Waals surface area contributed by atoms with Crippen LogP contribution in [0.25, 0.3) is 10.9 Å². The third-order valence-corrected chi connectivity index (χ3v) is 5.15. The molecule has 3 aromatic carbocycles. The molecule has 0 saturated heterocycles. The van der Waals surface area contributed by atoms with Crippen molar-refractivity contribution in [3.8, 4) is 0 Å². The van der Waals surface area contributed by atoms with Crippen molar-refractivity contribution in [2.75, 3.05) is 0 Å². The predicted octanol–water partition coefficient (Wildman–Crippen LogP) is 4.33. The average molecular weight is 449 g/mol. The zero-order chi connectivity index (χ0) is 22.7. The number of nitro benzene ring substituents is 1. The molecule has 0 radical (unpaired) electrons. The Hall–Kier alpha value is -4.04. The number of non-ortho nitro benzene ring substituents is 1. The highest BCUT2D eigenvalue weighted by molar-refractivity contribution is 6.30. The first-order valence-corrected chi connectivity index (χ1v) is 10.0. The number of para-hydroxylation sites is 1. The third-order valence-electron chi connectivity index (χ3n) is 4.90. The number of aromatic nitrogens is 2. The molecule has 1 N–H and O–H groups in total. The van der Waals surface area contributed by atoms with Crippen molar-refractivity contribution in [2.45, 2.75) is 13.1 Å². The van der Waals surface area contributed by atoms with Gasteiger partial charge in [0.25, 0.3) is 17.2 Å². The molecule has 0 fully saturated rings. The van der Waals surface area contributed by atoms with Gasteiger partial charge in [0.2, 0.25) is 0 Å². The number of nitrogens with one attached hydrogen (secondary N) is 1. The summed E-state index contributed by atoms with van der Waals surface area (Å²) in [4.78, 5) is 44.8. The topological polar surface area (TPSA) is 109 Å². The van der Waals surface area contributed by atoms with Gasteiger partial charge in [0.05, 0.1) is 22.4 Å². The van der Waals surface area contributed by atoms with E-state index < -0.39 is 4.92 Å². The summed E-state index contributed by atoms with van der Waals surface area (Å²) < 4.78 is 0. The van der Waals surface area contributed by atoms with Crippen LogP contribution in [0.1, 0.15) is 21.7 Å². The number of rotatable bonds is 6. The molecule has 0 bridgehead atoms. The molecule has 0 unspecified atom stereocenters. The Bertz CT molecular complexity index is 1350. The van der Waals surface area contributed by atoms with Crippen molar-refractivity contribution in [3.05, 3.63) is 115 Å². The van der Waals surface area contributed by atoms with Gasteiger partial charge in [0, 0.05) is 29.3 Å². The Morgan fingerprint density at radius 3 is 2.38 bits per heavy atom. The number of nitrogens with zero attached hydrogens (tertiary/aromatic N) is 3. The minimum atomic E-state index is -0.524. The Kier molecular flexibility index (Phi) is 5.96. The molecule has 0 aliphatic carbocycles. The van der Waals surface area contributed by atoms with Crippen LogP contribution in [0, 0.1) is 10.1 Å². The molecule has 1 amide bonds. The number of H-pyrrole nitrogens is 1. The fraction of sp³-hybridized carbons (Fsp3) is 0.0870. The Morgan fingerprint density at radius 2 is 1.69 bits per heavy atom. The van der Waals surface area contributed by atoms with Gasteiger partial charge in [-0.05, 0) is 42.0 Å². The number of fused-ring (bicyclic) bond motifs is 1. The van der Waals surface area contributed by atoms with E-state index >= 15 is 0 Å². The number of hydrogen-bond donors (Lipinski definition) is 1. The van der Waals surface area contributed by atoms with Crippen LogP contribution in [0.5, 0.6) is 0 Å². The van der Waals surface area contributed by atoms with E-state index in [1.54, 1.807) is 48.5 Å². The van der Waals surface area contributed by atoms with Crippen LogP contribution in [0.3, 0.4) is 0 Å². The van der Waals surface area contributed by atoms with E-state index in [1.807, 2.05) is 0 Å². The largest absolute Gasteiger partial charge is 0.327 e. The molecule has 0 saturated carbocycles. The first-order valence-electron chi connectivity index (χ1n) is 9.67. The zero-order valence-electron chi connectivity index (χ0n) is 16.7. The number of carbonyl (C=O) groups is 1. The highest BCUT2D eigenvalue weighted by atomic mass is 35.5. The summed E-state index contributed by atoms with van der Waals surface area (Å²) in [7, 11) is 0. The zero-order valence-corrected chi connectivity index (χ0v) is 17.5. The molecule has 0 atom stereocenters. The van der Waals surface area contributed by atoms with Crippen LogP contribution >= 0.6 is 11.6 Å². The van der Waals surface area contributed by atoms with Gasteiger partial charge in [-0.25, -0.2) is 4.98 Å². The third kappa shape index (κ3) is 4.65. The maximum atomic E-state index is 13.3. The second-order valence-corrected chi connectivity index (χ2v) is 7.56. The summed E-state index contributed by atoms with van der Waals surface area (Å²) >= 11 is 5.96. The van der Waals surface area contributed by atoms with E-state index in [1.165, 1.54) is 29.2 Å². The van der Waals surface area contributed by atoms with Crippen LogP contribution in [-0.2, 0) is 13.1 Å². The van der Waals surface area contributed by atoms with Gasteiger partial charge >= 0.3 is 0 Å². The maximum absolute atomic E-state index is 13.3. The standard InChI is InChI=1S/C23H17ClN4O4/c24-17-9-5-15(6-10-17)13-27(23(30)16-7-11-18(12-8-16)28(31)32)14-21-25-20-4-2-1-3-19(20)22(29)26-21/h1-12H,13-14H2,(H,25,26,29). The Morgan fingerprint density at radius 1 is 1.00 bits per heavy atom. The number of carbonyl (C=O) groups excluding carboxylic acids is 1. The molecular weight excluding hydrogens is 432 g/mol. The molecule has 160 valence electrons. The number of benzene rings is 3. The molecule has 0 aliphatic rings. The molecule has 0 aliphatic heterocycles. The van der Waals surface area contributed by atoms with Gasteiger partial charge in [0.1, 0.15) is 5.82 Å². The highest BCUT2D eigenvalue weighted by Crippen LogP contribution is 2.18. The van der Waals surface area contributed by atoms with Gasteiger partial charge in [-0.2, -0.15) is 0 Å². The fourth-order valence-electron chi connectivity index (χ4n) is 3.31. The second kappa shape index (κ2) is 8.99. The number of amides is 1. The SMILES string of the molecule is O=C(c1ccc([N+](=O)[O-])cc1)N(Cc1ccc(Cl)cc1)Cc1nc2ccccc2c(=O)[nH]1. The van der Waals surface area contributed by atoms with E-state index in [0.717, 1.165) is 5.56 Å². The van der Waals surface area contributed by atoms with Crippen LogP contribution in [0.4, 0.5) is 5.69 Å². The minimum absolute atomic E-state index is 0.0402. The van der Waals surface area contributed by atoms with E-state index in [2.05, 4.69) is 9.97 Å². The molecule has 1 aromatic heterocycles. The van der Waals surface area contributed by atoms with Crippen molar-refractivity contribution in [2.24, 2.45) is 0 Å². The lowest BCUT2D eigenvalue weighted by Crippen LogP contribution is -2.31. The molecule has 0 spiro atoms. The van der Waals surface area contributed by atoms with Crippen LogP contribution in [0.15, 0.2) is 77.6 Å². The Balaban J connectivity index is 1.68. The monoisotopic (exact) mass is 448 g/mol. The van der Waals surface area contributed by atoms with Crippen LogP contribution < -0.4 is 5.56 Å². The smallest absolute Gasteiger partial charge is 0.269 e. The Labute approximate surface area is 187 Å². The number of halogens is 1. The second-order valence-electron chi connectivity index (χ2n) is 7.12. The lowest BCUT2D eigenvalue weighted by Gasteiger charge is -2.22. The summed E-state index contributed by atoms with van der Waals surface area (Å²) in [5, 5.41) is 12.0. The van der Waals surface area contributed by atoms with E-state index in [4.69, 9.17) is 11.6 Å². The lowest BCUT2D eigenvalue weighted by atomic mass is 10.1. The van der Waals surface area contributed by atoms with Crippen LogP contribution in [-0.4, -0.2) is 25.7 Å². The summed E-state index contributed by atoms with van der Waals surface area (Å²) in [5.41, 5.74) is 1.24. The van der Waals surface area contributed by atoms with Gasteiger partial charge in [-0.1, -0.05) is 35.9 Å². The summed E-state index contributed by atoms with van der Waals surface area (Å²) in [5.74, 6) is -0.0245. The van der Waals surface area contributed by atoms with Crippen molar-refractivity contribution in [3.63, 3.8) is 0 Å². The van der Waals surface area contributed by atoms with Gasteiger partial charge in [-0.3, -0.25) is 19.7 Å². The van der Waals surface area contributed by atoms with E-state index in [9.17, 15) is 19.7 Å². The first-order chi connectivity index (χ1) is 15.4. The molecule has 9 heteroatoms. The van der Waals surface area contributed by atoms with Gasteiger partial charge in [-0.15, -0.1) is 0 Å². The molecule has 32 heavy (non-hydrogen) atoms. The van der Waals surface area contributed by atoms with Crippen molar-refractivity contribution in [1.82, 2.24) is 14.9 Å². The quantitative estimate of drug-likeness (QED) is 0.349. The van der Waals surface area contributed by atoms with Crippen molar-refractivity contribution >= 4 is 34.1 Å². The summed E-state index contributed by atoms with van der Waals surface area (Å²) in [6.07, 6.45) is 0. The fourth-order valence-corrected chi connectivity index (χ4v) is 3.43. The van der Waals surface area contributed by atoms with Crippen molar-refractivity contribution in [1.29, 1.82) is 0 Å². The van der Waals surface area contributed by atoms with E-state index in [0.29, 0.717) is 21.7 Å². The molecule has 1 heterocycles. The molecule has 4 rings (SSSR count). The molecular formula is C23H17ClN4O4. The summed E-state index contributed by atoms with van der Waals surface area (Å²) in [6, 6.07) is 19.4. The van der Waals surface area contributed by atoms with Crippen LogP contribution in [0.2, 0.25) is 5.02 Å². The first kappa shape index (κ1) is 21.2. The minimum Gasteiger partial charge on any atom is -0.327 e. The lowest BCUT2D eigenvalue weighted by molar-refractivity contribution is -0.384. The summed E-state index contributed by atoms with van der Waals surface area (Å²) in [6.45, 7) is 0.266. The highest BCUT2D eigenvalue weighted by Gasteiger charge is 2.19. The predicted molar refractivity (Wildman–Crippen MR) is 120 cm³/mol. The normalized spacial score (nSPS) is 10.8.